The first kappa shape index (κ1) is 18.9. The van der Waals surface area contributed by atoms with Gasteiger partial charge in [0.25, 0.3) is 0 Å². The van der Waals surface area contributed by atoms with Crippen LogP contribution in [0.3, 0.4) is 0 Å². The van der Waals surface area contributed by atoms with Crippen molar-refractivity contribution in [3.63, 3.8) is 0 Å². The van der Waals surface area contributed by atoms with E-state index in [9.17, 15) is 23.3 Å². The predicted octanol–water partition coefficient (Wildman–Crippen LogP) is 1.30. The minimum absolute atomic E-state index is 0.215. The van der Waals surface area contributed by atoms with Gasteiger partial charge in [-0.05, 0) is 44.5 Å². The van der Waals surface area contributed by atoms with Crippen LogP contribution in [0, 0.1) is 10.1 Å². The van der Waals surface area contributed by atoms with Gasteiger partial charge in [-0.3, -0.25) is 14.7 Å². The molecule has 4 N–H and O–H groups in total. The highest BCUT2D eigenvalue weighted by atomic mass is 32.3. The number of hydrogen-bond donors (Lipinski definition) is 3. The monoisotopic (exact) mass is 378 g/mol. The maximum atomic E-state index is 11.4. The fourth-order valence-corrected chi connectivity index (χ4v) is 2.48. The number of unbranched alkanes of at least 4 members (excludes halogenated alkanes) is 1. The number of carbonyl (C=O) groups is 1. The summed E-state index contributed by atoms with van der Waals surface area (Å²) in [7, 11) is -3.16. The lowest BCUT2D eigenvalue weighted by molar-refractivity contribution is -0.385. The van der Waals surface area contributed by atoms with Crippen LogP contribution in [0.4, 0.5) is 10.5 Å². The van der Waals surface area contributed by atoms with Crippen molar-refractivity contribution in [3.05, 3.63) is 33.9 Å². The molecule has 0 aliphatic carbocycles. The van der Waals surface area contributed by atoms with E-state index in [-0.39, 0.29) is 5.56 Å². The molecule has 1 aromatic carbocycles. The van der Waals surface area contributed by atoms with E-state index >= 15 is 0 Å². The van der Waals surface area contributed by atoms with Crippen LogP contribution in [0.2, 0.25) is 1.41 Å². The van der Waals surface area contributed by atoms with Crippen molar-refractivity contribution in [2.45, 2.75) is 25.4 Å². The topological polar surface area (TPSA) is 171 Å². The number of benzene rings is 1. The predicted molar refractivity (Wildman–Crippen MR) is 86.5 cm³/mol. The third kappa shape index (κ3) is 7.32. The molecule has 0 bridgehead atoms. The number of primary amides is 1. The zero-order valence-electron chi connectivity index (χ0n) is 14.3. The van der Waals surface area contributed by atoms with E-state index in [1.165, 1.54) is 6.07 Å². The fraction of sp³-hybridized carbons (Fsp3) is 0.462. The standard InChI is InChI=1S/C13H19N3O8S/c1-15-7-3-2-4-11(23-13(14)17)9-5-6-12(24-25(20,21)22)10(8-9)16(18)19/h5-6,8,11,15H,2-4,7H2,1H3,(H2,14,17)(H,20,21,22)/i/hD. The van der Waals surface area contributed by atoms with Crippen LogP contribution in [-0.4, -0.2) is 37.6 Å². The molecule has 11 nitrogen and oxygen atoms in total. The SMILES string of the molecule is [2H]NC(=O)OC(CCCCNC)c1ccc(OS(=O)(=O)O)c([N+](=O)[O-])c1. The highest BCUT2D eigenvalue weighted by Crippen LogP contribution is 2.33. The summed E-state index contributed by atoms with van der Waals surface area (Å²) < 4.78 is 46.3. The molecule has 0 spiro atoms. The molecular formula is C13H19N3O8S. The van der Waals surface area contributed by atoms with Gasteiger partial charge in [0, 0.05) is 6.07 Å². The molecule has 0 saturated carbocycles. The molecule has 1 rings (SSSR count). The van der Waals surface area contributed by atoms with Gasteiger partial charge >= 0.3 is 22.2 Å². The van der Waals surface area contributed by atoms with Gasteiger partial charge < -0.3 is 20.0 Å². The van der Waals surface area contributed by atoms with Crippen molar-refractivity contribution in [2.24, 2.45) is 5.73 Å². The van der Waals surface area contributed by atoms with Gasteiger partial charge in [0.15, 0.2) is 1.41 Å². The quantitative estimate of drug-likeness (QED) is 0.235. The van der Waals surface area contributed by atoms with E-state index in [1.807, 2.05) is 0 Å². The molecule has 12 heteroatoms. The summed E-state index contributed by atoms with van der Waals surface area (Å²) in [4.78, 5) is 21.6. The van der Waals surface area contributed by atoms with Crippen LogP contribution in [0.1, 0.15) is 30.9 Å². The molecule has 0 aliphatic heterocycles. The van der Waals surface area contributed by atoms with Crippen LogP contribution >= 0.6 is 0 Å². The molecule has 25 heavy (non-hydrogen) atoms. The number of ether oxygens (including phenoxy) is 1. The maximum absolute atomic E-state index is 11.4. The Labute approximate surface area is 145 Å². The summed E-state index contributed by atoms with van der Waals surface area (Å²) in [5, 5.41) is 14.1. The van der Waals surface area contributed by atoms with Gasteiger partial charge in [-0.1, -0.05) is 6.07 Å². The Hall–Kier alpha value is -2.44. The van der Waals surface area contributed by atoms with Crippen molar-refractivity contribution in [1.82, 2.24) is 5.32 Å². The minimum atomic E-state index is -4.94. The molecule has 0 saturated heterocycles. The summed E-state index contributed by atoms with van der Waals surface area (Å²) in [6.07, 6.45) is -0.232. The first-order valence-electron chi connectivity index (χ1n) is 7.66. The van der Waals surface area contributed by atoms with Gasteiger partial charge in [-0.15, -0.1) is 0 Å². The Balaban J connectivity index is 3.13. The lowest BCUT2D eigenvalue weighted by atomic mass is 10.0. The summed E-state index contributed by atoms with van der Waals surface area (Å²) in [6, 6.07) is 3.23. The van der Waals surface area contributed by atoms with Crippen molar-refractivity contribution >= 4 is 22.2 Å². The second-order valence-corrected chi connectivity index (χ2v) is 6.01. The fourth-order valence-electron chi connectivity index (χ4n) is 2.12. The zero-order valence-corrected chi connectivity index (χ0v) is 14.1. The molecule has 0 heterocycles. The van der Waals surface area contributed by atoms with Gasteiger partial charge in [-0.2, -0.15) is 8.42 Å². The number of nitrogens with one attached hydrogen (secondary N) is 1. The van der Waals surface area contributed by atoms with Crippen LogP contribution in [0.15, 0.2) is 18.2 Å². The lowest BCUT2D eigenvalue weighted by Crippen LogP contribution is -2.18. The third-order valence-electron chi connectivity index (χ3n) is 3.14. The van der Waals surface area contributed by atoms with E-state index < -0.39 is 39.0 Å². The molecule has 1 amide bonds. The number of nitro groups is 1. The molecule has 0 aliphatic rings. The van der Waals surface area contributed by atoms with Crippen LogP contribution in [0.5, 0.6) is 5.75 Å². The van der Waals surface area contributed by atoms with Gasteiger partial charge in [-0.25, -0.2) is 4.79 Å². The highest BCUT2D eigenvalue weighted by molar-refractivity contribution is 7.81. The second kappa shape index (κ2) is 9.15. The summed E-state index contributed by atoms with van der Waals surface area (Å²) in [5.41, 5.74) is 1.04. The van der Waals surface area contributed by atoms with E-state index in [4.69, 9.17) is 10.7 Å². The molecule has 0 fully saturated rings. The zero-order chi connectivity index (χ0) is 19.7. The third-order valence-corrected chi connectivity index (χ3v) is 3.53. The van der Waals surface area contributed by atoms with E-state index in [1.54, 1.807) is 12.8 Å². The number of hydrogen-bond acceptors (Lipinski definition) is 8. The van der Waals surface area contributed by atoms with E-state index in [0.29, 0.717) is 12.8 Å². The van der Waals surface area contributed by atoms with Crippen LogP contribution < -0.4 is 15.2 Å². The largest absolute Gasteiger partial charge is 0.446 e. The van der Waals surface area contributed by atoms with Crippen molar-refractivity contribution in [1.29, 1.82) is 0 Å². The molecule has 1 aromatic rings. The summed E-state index contributed by atoms with van der Waals surface area (Å²) >= 11 is 0. The normalized spacial score (nSPS) is 12.8. The molecule has 140 valence electrons. The molecule has 0 aromatic heterocycles. The van der Waals surface area contributed by atoms with Crippen LogP contribution in [0.25, 0.3) is 0 Å². The number of carbonyl (C=O) groups excluding carboxylic acids is 1. The van der Waals surface area contributed by atoms with Gasteiger partial charge in [0.1, 0.15) is 6.10 Å². The van der Waals surface area contributed by atoms with Crippen molar-refractivity contribution in [3.8, 4) is 5.75 Å². The number of nitro benzene ring substituents is 1. The Kier molecular flexibility index (Phi) is 6.91. The average Bonchev–Trinajstić information content (AvgIpc) is 2.56. The van der Waals surface area contributed by atoms with Gasteiger partial charge in [0.05, 0.1) is 4.92 Å². The lowest BCUT2D eigenvalue weighted by Gasteiger charge is -2.17. The molecule has 1 atom stereocenters. The Morgan fingerprint density at radius 2 is 2.24 bits per heavy atom. The summed E-state index contributed by atoms with van der Waals surface area (Å²) in [5.74, 6) is -0.680. The Morgan fingerprint density at radius 1 is 1.52 bits per heavy atom. The van der Waals surface area contributed by atoms with Crippen LogP contribution in [-0.2, 0) is 15.1 Å². The first-order chi connectivity index (χ1) is 12.2. The van der Waals surface area contributed by atoms with E-state index in [2.05, 4.69) is 9.50 Å². The maximum Gasteiger partial charge on any atom is 0.446 e. The van der Waals surface area contributed by atoms with Crippen molar-refractivity contribution < 1.29 is 33.0 Å². The molecular weight excluding hydrogens is 358 g/mol. The number of nitrogens with zero attached hydrogens (tertiary/aromatic N) is 1. The second-order valence-electron chi connectivity index (χ2n) is 4.99. The first-order valence-corrected chi connectivity index (χ1v) is 8.52. The minimum Gasteiger partial charge on any atom is -0.442 e. The van der Waals surface area contributed by atoms with Crippen molar-refractivity contribution in [2.75, 3.05) is 13.6 Å². The van der Waals surface area contributed by atoms with E-state index in [0.717, 1.165) is 25.1 Å². The summed E-state index contributed by atoms with van der Waals surface area (Å²) in [6.45, 7) is 0.721. The number of nitrogens with two attached hydrogens (primary N) is 1. The highest BCUT2D eigenvalue weighted by Gasteiger charge is 2.24. The Bertz CT molecular complexity index is 743. The number of amides is 1. The van der Waals surface area contributed by atoms with Gasteiger partial charge in [0.2, 0.25) is 5.75 Å². The smallest absolute Gasteiger partial charge is 0.442 e. The molecule has 1 unspecified atom stereocenters. The molecule has 0 radical (unpaired) electrons. The number of rotatable bonds is 10. The average molecular weight is 378 g/mol. The Morgan fingerprint density at radius 3 is 2.80 bits per heavy atom.